The minimum Gasteiger partial charge on any atom is -0.478 e. The van der Waals surface area contributed by atoms with Crippen LogP contribution in [0.2, 0.25) is 0 Å². The van der Waals surface area contributed by atoms with E-state index in [0.717, 1.165) is 0 Å². The van der Waals surface area contributed by atoms with Crippen LogP contribution < -0.4 is 10.6 Å². The third-order valence-electron chi connectivity index (χ3n) is 5.36. The molecule has 0 spiro atoms. The van der Waals surface area contributed by atoms with E-state index in [1.54, 1.807) is 60.9 Å². The minimum absolute atomic E-state index is 0.0351. The number of amides is 2. The van der Waals surface area contributed by atoms with Crippen LogP contribution in [0.3, 0.4) is 0 Å². The summed E-state index contributed by atoms with van der Waals surface area (Å²) in [5, 5.41) is 26.1. The molecule has 202 valence electrons. The number of aromatic nitrogens is 2. The molecule has 2 heterocycles. The molecular formula is C28H22N4O6S2. The number of carboxylic acid groups (broad SMARTS) is 2. The maximum Gasteiger partial charge on any atom is 0.337 e. The first kappa shape index (κ1) is 28.3. The Morgan fingerprint density at radius 2 is 1.05 bits per heavy atom. The zero-order chi connectivity index (χ0) is 28.5. The van der Waals surface area contributed by atoms with Gasteiger partial charge in [0, 0.05) is 12.4 Å². The summed E-state index contributed by atoms with van der Waals surface area (Å²) in [6.07, 6.45) is 3.22. The van der Waals surface area contributed by atoms with Crippen LogP contribution in [0.15, 0.2) is 95.2 Å². The number of nitrogens with zero attached hydrogens (tertiary/aromatic N) is 2. The van der Waals surface area contributed by atoms with Crippen molar-refractivity contribution in [2.24, 2.45) is 0 Å². The second-order valence-electron chi connectivity index (χ2n) is 8.14. The SMILES string of the molecule is O=C(CSc1ccccn1)Nc1ccc(-c2ccc(NC(=O)CSc3ccccn3)c(C(=O)O)c2)cc1C(=O)O. The maximum atomic E-state index is 12.4. The molecule has 2 amide bonds. The molecule has 2 aromatic carbocycles. The van der Waals surface area contributed by atoms with Crippen LogP contribution in [0.1, 0.15) is 20.7 Å². The molecule has 0 bridgehead atoms. The number of carbonyl (C=O) groups excluding carboxylic acids is 2. The smallest absolute Gasteiger partial charge is 0.337 e. The Kier molecular flexibility index (Phi) is 9.49. The van der Waals surface area contributed by atoms with E-state index in [4.69, 9.17) is 0 Å². The fourth-order valence-electron chi connectivity index (χ4n) is 3.54. The lowest BCUT2D eigenvalue weighted by Gasteiger charge is -2.13. The van der Waals surface area contributed by atoms with E-state index in [9.17, 15) is 29.4 Å². The average Bonchev–Trinajstić information content (AvgIpc) is 2.96. The Bertz CT molecular complexity index is 1430. The van der Waals surface area contributed by atoms with E-state index in [1.165, 1.54) is 47.8 Å². The van der Waals surface area contributed by atoms with Crippen LogP contribution in [0, 0.1) is 0 Å². The second-order valence-corrected chi connectivity index (χ2v) is 10.1. The minimum atomic E-state index is -1.26. The van der Waals surface area contributed by atoms with Crippen molar-refractivity contribution in [1.82, 2.24) is 9.97 Å². The van der Waals surface area contributed by atoms with Gasteiger partial charge in [-0.3, -0.25) is 9.59 Å². The Hall–Kier alpha value is -4.68. The van der Waals surface area contributed by atoms with E-state index in [0.29, 0.717) is 21.2 Å². The number of thioether (sulfide) groups is 2. The van der Waals surface area contributed by atoms with Crippen molar-refractivity contribution >= 4 is 58.7 Å². The first-order valence-electron chi connectivity index (χ1n) is 11.7. The van der Waals surface area contributed by atoms with Crippen molar-refractivity contribution in [3.63, 3.8) is 0 Å². The number of anilines is 2. The van der Waals surface area contributed by atoms with Gasteiger partial charge in [0.25, 0.3) is 0 Å². The molecule has 4 rings (SSSR count). The molecule has 0 radical (unpaired) electrons. The van der Waals surface area contributed by atoms with Crippen LogP contribution in [0.25, 0.3) is 11.1 Å². The molecular weight excluding hydrogens is 552 g/mol. The highest BCUT2D eigenvalue weighted by molar-refractivity contribution is 8.00. The summed E-state index contributed by atoms with van der Waals surface area (Å²) in [5.74, 6) is -3.26. The van der Waals surface area contributed by atoms with Crippen molar-refractivity contribution in [3.8, 4) is 11.1 Å². The summed E-state index contributed by atoms with van der Waals surface area (Å²) < 4.78 is 0. The van der Waals surface area contributed by atoms with Crippen LogP contribution >= 0.6 is 23.5 Å². The number of benzene rings is 2. The lowest BCUT2D eigenvalue weighted by atomic mass is 9.99. The van der Waals surface area contributed by atoms with E-state index >= 15 is 0 Å². The van der Waals surface area contributed by atoms with Gasteiger partial charge in [-0.1, -0.05) is 47.8 Å². The average molecular weight is 575 g/mol. The predicted molar refractivity (Wildman–Crippen MR) is 153 cm³/mol. The maximum absolute atomic E-state index is 12.4. The van der Waals surface area contributed by atoms with Crippen molar-refractivity contribution in [2.45, 2.75) is 10.1 Å². The van der Waals surface area contributed by atoms with Crippen LogP contribution in [0.4, 0.5) is 11.4 Å². The second kappa shape index (κ2) is 13.4. The van der Waals surface area contributed by atoms with Gasteiger partial charge in [0.2, 0.25) is 11.8 Å². The molecule has 0 aliphatic rings. The van der Waals surface area contributed by atoms with Gasteiger partial charge in [0.1, 0.15) is 0 Å². The molecule has 40 heavy (non-hydrogen) atoms. The van der Waals surface area contributed by atoms with Crippen LogP contribution in [-0.4, -0.2) is 55.4 Å². The fraction of sp³-hybridized carbons (Fsp3) is 0.0714. The topological polar surface area (TPSA) is 159 Å². The first-order chi connectivity index (χ1) is 19.3. The molecule has 0 unspecified atom stereocenters. The number of hydrogen-bond acceptors (Lipinski definition) is 8. The third-order valence-corrected chi connectivity index (χ3v) is 7.25. The lowest BCUT2D eigenvalue weighted by Crippen LogP contribution is -2.17. The Labute approximate surface area is 237 Å². The molecule has 0 aliphatic carbocycles. The normalized spacial score (nSPS) is 10.5. The fourth-order valence-corrected chi connectivity index (χ4v) is 4.86. The molecule has 0 saturated heterocycles. The highest BCUT2D eigenvalue weighted by Gasteiger charge is 2.18. The van der Waals surface area contributed by atoms with E-state index in [2.05, 4.69) is 20.6 Å². The lowest BCUT2D eigenvalue weighted by molar-refractivity contribution is -0.114. The van der Waals surface area contributed by atoms with Gasteiger partial charge in [-0.15, -0.1) is 0 Å². The highest BCUT2D eigenvalue weighted by atomic mass is 32.2. The van der Waals surface area contributed by atoms with Gasteiger partial charge < -0.3 is 20.8 Å². The molecule has 0 fully saturated rings. The number of pyridine rings is 2. The van der Waals surface area contributed by atoms with Crippen molar-refractivity contribution < 1.29 is 29.4 Å². The molecule has 0 atom stereocenters. The molecule has 0 saturated carbocycles. The number of carbonyl (C=O) groups is 4. The zero-order valence-electron chi connectivity index (χ0n) is 20.7. The van der Waals surface area contributed by atoms with Crippen molar-refractivity contribution in [3.05, 3.63) is 96.3 Å². The molecule has 2 aromatic heterocycles. The van der Waals surface area contributed by atoms with Crippen molar-refractivity contribution in [1.29, 1.82) is 0 Å². The van der Waals surface area contributed by atoms with Gasteiger partial charge >= 0.3 is 11.9 Å². The van der Waals surface area contributed by atoms with Crippen LogP contribution in [0.5, 0.6) is 0 Å². The molecule has 0 aliphatic heterocycles. The quantitative estimate of drug-likeness (QED) is 0.180. The van der Waals surface area contributed by atoms with Crippen LogP contribution in [-0.2, 0) is 9.59 Å². The Morgan fingerprint density at radius 3 is 1.40 bits per heavy atom. The van der Waals surface area contributed by atoms with E-state index < -0.39 is 23.8 Å². The summed E-state index contributed by atoms with van der Waals surface area (Å²) >= 11 is 2.43. The number of carboxylic acids is 2. The number of hydrogen-bond donors (Lipinski definition) is 4. The van der Waals surface area contributed by atoms with Gasteiger partial charge in [0.15, 0.2) is 0 Å². The molecule has 4 N–H and O–H groups in total. The van der Waals surface area contributed by atoms with Gasteiger partial charge in [-0.25, -0.2) is 19.6 Å². The molecule has 4 aromatic rings. The first-order valence-corrected chi connectivity index (χ1v) is 13.7. The number of rotatable bonds is 11. The highest BCUT2D eigenvalue weighted by Crippen LogP contribution is 2.29. The number of aromatic carboxylic acids is 2. The Morgan fingerprint density at radius 1 is 0.625 bits per heavy atom. The van der Waals surface area contributed by atoms with Crippen molar-refractivity contribution in [2.75, 3.05) is 22.1 Å². The van der Waals surface area contributed by atoms with Gasteiger partial charge in [0.05, 0.1) is 44.1 Å². The predicted octanol–water partition coefficient (Wildman–Crippen LogP) is 5.00. The standard InChI is InChI=1S/C28H22N4O6S2/c33-23(15-39-25-5-1-3-11-29-25)31-21-9-7-17(13-19(21)27(35)36)18-8-10-22(20(14-18)28(37)38)32-24(34)16-40-26-6-2-4-12-30-26/h1-14H,15-16H2,(H,31,33)(H,32,34)(H,35,36)(H,37,38). The zero-order valence-corrected chi connectivity index (χ0v) is 22.4. The third kappa shape index (κ3) is 7.68. The molecule has 10 nitrogen and oxygen atoms in total. The summed E-state index contributed by atoms with van der Waals surface area (Å²) in [6, 6.07) is 19.4. The molecule has 12 heteroatoms. The summed E-state index contributed by atoms with van der Waals surface area (Å²) in [4.78, 5) is 57.1. The van der Waals surface area contributed by atoms with E-state index in [1.807, 2.05) is 0 Å². The van der Waals surface area contributed by atoms with E-state index in [-0.39, 0.29) is 34.0 Å². The van der Waals surface area contributed by atoms with Gasteiger partial charge in [-0.2, -0.15) is 0 Å². The van der Waals surface area contributed by atoms with Gasteiger partial charge in [-0.05, 0) is 59.7 Å². The monoisotopic (exact) mass is 574 g/mol. The summed E-state index contributed by atoms with van der Waals surface area (Å²) in [6.45, 7) is 0. The summed E-state index contributed by atoms with van der Waals surface area (Å²) in [7, 11) is 0. The number of nitrogens with one attached hydrogen (secondary N) is 2. The largest absolute Gasteiger partial charge is 0.478 e. The Balaban J connectivity index is 1.48. The summed E-state index contributed by atoms with van der Waals surface area (Å²) in [5.41, 5.74) is 0.740.